The topological polar surface area (TPSA) is 85.8 Å². The first kappa shape index (κ1) is 26.0. The van der Waals surface area contributed by atoms with Gasteiger partial charge in [0.1, 0.15) is 16.4 Å². The first-order chi connectivity index (χ1) is 14.6. The number of pyridine rings is 1. The van der Waals surface area contributed by atoms with Crippen LogP contribution in [0.4, 0.5) is 9.18 Å². The van der Waals surface area contributed by atoms with Crippen LogP contribution in [-0.2, 0) is 20.7 Å². The number of aldehydes is 1. The van der Waals surface area contributed by atoms with Crippen LogP contribution < -0.4 is 0 Å². The second-order valence-electron chi connectivity index (χ2n) is 10.3. The van der Waals surface area contributed by atoms with Crippen LogP contribution in [0.25, 0.3) is 0 Å². The molecule has 1 amide bonds. The predicted molar refractivity (Wildman–Crippen MR) is 118 cm³/mol. The molecule has 9 heteroatoms. The fourth-order valence-corrected chi connectivity index (χ4v) is 4.04. The van der Waals surface area contributed by atoms with Crippen LogP contribution in [0.2, 0.25) is 5.15 Å². The molecule has 0 spiro atoms. The van der Waals surface area contributed by atoms with Gasteiger partial charge in [-0.25, -0.2) is 14.2 Å². The molecule has 2 rings (SSSR count). The Morgan fingerprint density at radius 2 is 1.84 bits per heavy atom. The lowest BCUT2D eigenvalue weighted by Crippen LogP contribution is -2.54. The van der Waals surface area contributed by atoms with Gasteiger partial charge in [-0.05, 0) is 67.4 Å². The highest BCUT2D eigenvalue weighted by Crippen LogP contribution is 2.41. The summed E-state index contributed by atoms with van der Waals surface area (Å²) in [5.74, 6) is -1.32. The van der Waals surface area contributed by atoms with E-state index in [0.717, 1.165) is 6.07 Å². The third-order valence-electron chi connectivity index (χ3n) is 5.17. The summed E-state index contributed by atoms with van der Waals surface area (Å²) in [4.78, 5) is 42.8. The van der Waals surface area contributed by atoms with Crippen LogP contribution in [0, 0.1) is 11.2 Å². The van der Waals surface area contributed by atoms with Crippen molar-refractivity contribution in [3.05, 3.63) is 28.3 Å². The molecule has 2 heterocycles. The number of hydrogen-bond donors (Lipinski definition) is 0. The number of amides is 1. The molecular formula is C23H32ClFN2O5. The first-order valence-corrected chi connectivity index (χ1v) is 11.0. The normalized spacial score (nSPS) is 21.8. The molecule has 1 aromatic rings. The number of ether oxygens (including phenoxy) is 2. The molecule has 1 fully saturated rings. The number of hydrogen-bond acceptors (Lipinski definition) is 6. The minimum absolute atomic E-state index is 0.0397. The molecule has 0 saturated carbocycles. The Labute approximate surface area is 193 Å². The van der Waals surface area contributed by atoms with Gasteiger partial charge < -0.3 is 14.4 Å². The van der Waals surface area contributed by atoms with Crippen molar-refractivity contribution >= 4 is 29.9 Å². The summed E-state index contributed by atoms with van der Waals surface area (Å²) in [7, 11) is 0. The van der Waals surface area contributed by atoms with E-state index < -0.39 is 34.5 Å². The van der Waals surface area contributed by atoms with Gasteiger partial charge in [0, 0.05) is 19.0 Å². The fraction of sp³-hybridized carbons (Fsp3) is 0.652. The molecule has 178 valence electrons. The van der Waals surface area contributed by atoms with E-state index >= 15 is 0 Å². The minimum Gasteiger partial charge on any atom is -0.460 e. The first-order valence-electron chi connectivity index (χ1n) is 10.6. The number of rotatable bonds is 4. The lowest BCUT2D eigenvalue weighted by Gasteiger charge is -2.44. The Morgan fingerprint density at radius 3 is 2.34 bits per heavy atom. The van der Waals surface area contributed by atoms with E-state index in [0.29, 0.717) is 6.29 Å². The maximum Gasteiger partial charge on any atom is 0.410 e. The molecule has 7 nitrogen and oxygen atoms in total. The molecule has 1 aromatic heterocycles. The van der Waals surface area contributed by atoms with Crippen molar-refractivity contribution in [2.45, 2.75) is 85.0 Å². The second-order valence-corrected chi connectivity index (χ2v) is 10.7. The number of esters is 1. The van der Waals surface area contributed by atoms with Crippen molar-refractivity contribution in [2.75, 3.05) is 6.54 Å². The van der Waals surface area contributed by atoms with Gasteiger partial charge in [0.05, 0.1) is 16.7 Å². The quantitative estimate of drug-likeness (QED) is 0.350. The summed E-state index contributed by atoms with van der Waals surface area (Å²) < 4.78 is 26.0. The Hall–Kier alpha value is -2.22. The molecular weight excluding hydrogens is 439 g/mol. The van der Waals surface area contributed by atoms with Crippen LogP contribution in [0.5, 0.6) is 0 Å². The van der Waals surface area contributed by atoms with E-state index in [1.807, 2.05) is 0 Å². The number of nitrogens with zero attached hydrogens (tertiary/aromatic N) is 2. The standard InChI is InChI=1S/C23H32ClFN2O5/c1-14-11-23(19(29)31-21(2,3)4,8-9-27(14)20(30)32-22(5,6)7)12-16-18(25)15(13-28)10-17(24)26-16/h10,13-14H,8-9,11-12H2,1-7H3/t14-,23-/m1/s1. The largest absolute Gasteiger partial charge is 0.460 e. The summed E-state index contributed by atoms with van der Waals surface area (Å²) in [6, 6.07) is 0.764. The van der Waals surface area contributed by atoms with Crippen molar-refractivity contribution in [3.63, 3.8) is 0 Å². The van der Waals surface area contributed by atoms with Crippen molar-refractivity contribution in [3.8, 4) is 0 Å². The van der Waals surface area contributed by atoms with E-state index in [2.05, 4.69) is 4.98 Å². The monoisotopic (exact) mass is 470 g/mol. The number of likely N-dealkylation sites (tertiary alicyclic amines) is 1. The SMILES string of the molecule is C[C@@H]1C[C@](Cc2nc(Cl)cc(C=O)c2F)(C(=O)OC(C)(C)C)CCN1C(=O)OC(C)(C)C. The van der Waals surface area contributed by atoms with Gasteiger partial charge in [-0.1, -0.05) is 11.6 Å². The van der Waals surface area contributed by atoms with E-state index in [4.69, 9.17) is 21.1 Å². The molecule has 0 bridgehead atoms. The van der Waals surface area contributed by atoms with Crippen LogP contribution in [0.15, 0.2) is 6.07 Å². The molecule has 1 saturated heterocycles. The van der Waals surface area contributed by atoms with E-state index in [1.165, 1.54) is 0 Å². The Morgan fingerprint density at radius 1 is 1.25 bits per heavy atom. The number of halogens is 2. The van der Waals surface area contributed by atoms with Gasteiger partial charge in [-0.15, -0.1) is 0 Å². The van der Waals surface area contributed by atoms with Crippen molar-refractivity contribution in [2.24, 2.45) is 5.41 Å². The Bertz CT molecular complexity index is 894. The summed E-state index contributed by atoms with van der Waals surface area (Å²) in [6.07, 6.45) is 0.209. The smallest absolute Gasteiger partial charge is 0.410 e. The van der Waals surface area contributed by atoms with Crippen molar-refractivity contribution in [1.82, 2.24) is 9.88 Å². The summed E-state index contributed by atoms with van der Waals surface area (Å²) in [5.41, 5.74) is -2.87. The minimum atomic E-state index is -1.15. The van der Waals surface area contributed by atoms with Crippen LogP contribution >= 0.6 is 11.6 Å². The van der Waals surface area contributed by atoms with E-state index in [1.54, 1.807) is 53.4 Å². The summed E-state index contributed by atoms with van der Waals surface area (Å²) in [6.45, 7) is 12.6. The van der Waals surface area contributed by atoms with Gasteiger partial charge in [0.15, 0.2) is 12.1 Å². The molecule has 1 aliphatic rings. The second kappa shape index (κ2) is 9.33. The lowest BCUT2D eigenvalue weighted by molar-refractivity contribution is -0.172. The average Bonchev–Trinajstić information content (AvgIpc) is 2.61. The molecule has 0 N–H and O–H groups in total. The molecule has 0 radical (unpaired) electrons. The van der Waals surface area contributed by atoms with Gasteiger partial charge in [-0.2, -0.15) is 0 Å². The van der Waals surface area contributed by atoms with Crippen LogP contribution in [-0.4, -0.2) is 52.0 Å². The highest BCUT2D eigenvalue weighted by atomic mass is 35.5. The average molecular weight is 471 g/mol. The molecule has 2 atom stereocenters. The maximum atomic E-state index is 14.9. The molecule has 0 aromatic carbocycles. The third-order valence-corrected chi connectivity index (χ3v) is 5.36. The summed E-state index contributed by atoms with van der Waals surface area (Å²) >= 11 is 5.98. The number of carbonyl (C=O) groups excluding carboxylic acids is 3. The zero-order valence-electron chi connectivity index (χ0n) is 19.8. The lowest BCUT2D eigenvalue weighted by atomic mass is 9.72. The van der Waals surface area contributed by atoms with Crippen molar-refractivity contribution in [1.29, 1.82) is 0 Å². The molecule has 32 heavy (non-hydrogen) atoms. The van der Waals surface area contributed by atoms with Gasteiger partial charge >= 0.3 is 12.1 Å². The van der Waals surface area contributed by atoms with E-state index in [-0.39, 0.29) is 48.3 Å². The zero-order valence-corrected chi connectivity index (χ0v) is 20.5. The number of aromatic nitrogens is 1. The molecule has 1 aliphatic heterocycles. The van der Waals surface area contributed by atoms with Gasteiger partial charge in [-0.3, -0.25) is 9.59 Å². The highest BCUT2D eigenvalue weighted by molar-refractivity contribution is 6.29. The Kier molecular flexibility index (Phi) is 7.59. The third kappa shape index (κ3) is 6.40. The number of carbonyl (C=O) groups is 3. The highest BCUT2D eigenvalue weighted by Gasteiger charge is 2.49. The van der Waals surface area contributed by atoms with Gasteiger partial charge in [0.25, 0.3) is 0 Å². The summed E-state index contributed by atoms with van der Waals surface area (Å²) in [5, 5.41) is -0.0397. The van der Waals surface area contributed by atoms with Crippen molar-refractivity contribution < 1.29 is 28.2 Å². The Balaban J connectivity index is 2.41. The van der Waals surface area contributed by atoms with Crippen LogP contribution in [0.1, 0.15) is 77.4 Å². The number of piperidine rings is 1. The molecule has 0 unspecified atom stereocenters. The maximum absolute atomic E-state index is 14.9. The van der Waals surface area contributed by atoms with Crippen LogP contribution in [0.3, 0.4) is 0 Å². The predicted octanol–water partition coefficient (Wildman–Crippen LogP) is 4.98. The fourth-order valence-electron chi connectivity index (χ4n) is 3.82. The molecule has 0 aliphatic carbocycles. The van der Waals surface area contributed by atoms with E-state index in [9.17, 15) is 18.8 Å². The zero-order chi connectivity index (χ0) is 24.5. The van der Waals surface area contributed by atoms with Gasteiger partial charge in [0.2, 0.25) is 0 Å².